The molecule has 1 heterocycles. The maximum absolute atomic E-state index is 12.1. The van der Waals surface area contributed by atoms with Gasteiger partial charge in [-0.1, -0.05) is 59.7 Å². The van der Waals surface area contributed by atoms with Crippen LogP contribution in [-0.4, -0.2) is 18.6 Å². The van der Waals surface area contributed by atoms with Gasteiger partial charge >= 0.3 is 0 Å². The molecule has 0 aromatic heterocycles. The largest absolute Gasteiger partial charge is 0.371 e. The summed E-state index contributed by atoms with van der Waals surface area (Å²) in [6, 6.07) is 15.9. The topological polar surface area (TPSA) is 64.3 Å². The van der Waals surface area contributed by atoms with E-state index in [9.17, 15) is 4.79 Å². The molecule has 3 rings (SSSR count). The van der Waals surface area contributed by atoms with Crippen molar-refractivity contribution in [2.24, 2.45) is 5.73 Å². The van der Waals surface area contributed by atoms with E-state index in [1.165, 1.54) is 11.1 Å². The van der Waals surface area contributed by atoms with Crippen LogP contribution < -0.4 is 11.1 Å². The Labute approximate surface area is 149 Å². The molecule has 1 amide bonds. The molecule has 25 heavy (non-hydrogen) atoms. The van der Waals surface area contributed by atoms with E-state index >= 15 is 0 Å². The number of rotatable bonds is 5. The molecular weight excluding hydrogens is 312 g/mol. The summed E-state index contributed by atoms with van der Waals surface area (Å²) in [5, 5.41) is 3.07. The third-order valence-corrected chi connectivity index (χ3v) is 4.89. The Bertz CT molecular complexity index is 739. The van der Waals surface area contributed by atoms with Crippen molar-refractivity contribution in [3.8, 4) is 0 Å². The molecule has 0 radical (unpaired) electrons. The van der Waals surface area contributed by atoms with Crippen molar-refractivity contribution in [1.82, 2.24) is 5.32 Å². The molecular formula is C21H26N2O2. The average molecular weight is 338 g/mol. The number of aryl methyl sites for hydroxylation is 2. The molecule has 0 spiro atoms. The fourth-order valence-electron chi connectivity index (χ4n) is 3.58. The summed E-state index contributed by atoms with van der Waals surface area (Å²) in [6.45, 7) is 6.62. The highest BCUT2D eigenvalue weighted by atomic mass is 16.5. The molecule has 4 heteroatoms. The minimum absolute atomic E-state index is 0.0621. The van der Waals surface area contributed by atoms with E-state index in [1.807, 2.05) is 37.3 Å². The molecule has 1 aliphatic heterocycles. The predicted molar refractivity (Wildman–Crippen MR) is 99.1 cm³/mol. The van der Waals surface area contributed by atoms with E-state index in [0.717, 1.165) is 11.1 Å². The fraction of sp³-hybridized carbons (Fsp3) is 0.381. The Kier molecular flexibility index (Phi) is 4.93. The third kappa shape index (κ3) is 3.75. The van der Waals surface area contributed by atoms with Gasteiger partial charge in [-0.05, 0) is 31.9 Å². The predicted octanol–water partition coefficient (Wildman–Crippen LogP) is 3.12. The number of benzene rings is 2. The number of carbonyl (C=O) groups is 1. The number of amides is 1. The van der Waals surface area contributed by atoms with Crippen LogP contribution in [0.25, 0.3) is 0 Å². The summed E-state index contributed by atoms with van der Waals surface area (Å²) in [7, 11) is 0. The average Bonchev–Trinajstić information content (AvgIpc) is 2.88. The molecule has 0 saturated carbocycles. The van der Waals surface area contributed by atoms with Gasteiger partial charge in [0.1, 0.15) is 0 Å². The van der Waals surface area contributed by atoms with Gasteiger partial charge in [0.25, 0.3) is 0 Å². The Morgan fingerprint density at radius 1 is 1.20 bits per heavy atom. The standard InChI is InChI=1S/C21H26N2O2/c1-14-9-15(2)11-17(10-14)16(3)25-13-21(12-19(22)20(24)23-21)18-7-5-4-6-8-18/h4-11,16,19H,12-13,22H2,1-3H3,(H,23,24)/t16-,19+,21-/m1/s1. The van der Waals surface area contributed by atoms with Gasteiger partial charge in [-0.25, -0.2) is 0 Å². The van der Waals surface area contributed by atoms with E-state index < -0.39 is 11.6 Å². The quantitative estimate of drug-likeness (QED) is 0.880. The van der Waals surface area contributed by atoms with Crippen LogP contribution in [-0.2, 0) is 15.1 Å². The van der Waals surface area contributed by atoms with Crippen molar-refractivity contribution in [1.29, 1.82) is 0 Å². The van der Waals surface area contributed by atoms with Gasteiger partial charge < -0.3 is 15.8 Å². The number of ether oxygens (including phenoxy) is 1. The van der Waals surface area contributed by atoms with Crippen LogP contribution in [0, 0.1) is 13.8 Å². The first-order chi connectivity index (χ1) is 11.9. The zero-order chi connectivity index (χ0) is 18.0. The zero-order valence-corrected chi connectivity index (χ0v) is 15.1. The van der Waals surface area contributed by atoms with Crippen LogP contribution >= 0.6 is 0 Å². The van der Waals surface area contributed by atoms with E-state index in [2.05, 4.69) is 37.4 Å². The summed E-state index contributed by atoms with van der Waals surface area (Å²) in [4.78, 5) is 12.1. The van der Waals surface area contributed by atoms with Crippen molar-refractivity contribution in [2.45, 2.75) is 44.9 Å². The minimum Gasteiger partial charge on any atom is -0.371 e. The lowest BCUT2D eigenvalue weighted by atomic mass is 9.88. The summed E-state index contributed by atoms with van der Waals surface area (Å²) < 4.78 is 6.21. The molecule has 1 aliphatic rings. The molecule has 0 bridgehead atoms. The molecule has 2 aromatic carbocycles. The van der Waals surface area contributed by atoms with Crippen LogP contribution in [0.15, 0.2) is 48.5 Å². The summed E-state index contributed by atoms with van der Waals surface area (Å²) in [5.74, 6) is -0.119. The molecule has 3 atom stereocenters. The van der Waals surface area contributed by atoms with Crippen molar-refractivity contribution in [3.63, 3.8) is 0 Å². The molecule has 1 fully saturated rings. The highest BCUT2D eigenvalue weighted by Gasteiger charge is 2.44. The first kappa shape index (κ1) is 17.6. The lowest BCUT2D eigenvalue weighted by Crippen LogP contribution is -2.43. The number of nitrogens with two attached hydrogens (primary N) is 1. The van der Waals surface area contributed by atoms with E-state index in [-0.39, 0.29) is 12.0 Å². The van der Waals surface area contributed by atoms with Gasteiger partial charge in [0, 0.05) is 6.42 Å². The molecule has 132 valence electrons. The Morgan fingerprint density at radius 2 is 1.84 bits per heavy atom. The van der Waals surface area contributed by atoms with Crippen molar-refractivity contribution in [3.05, 3.63) is 70.8 Å². The Hall–Kier alpha value is -2.17. The Morgan fingerprint density at radius 3 is 2.40 bits per heavy atom. The Balaban J connectivity index is 1.81. The maximum atomic E-state index is 12.1. The first-order valence-electron chi connectivity index (χ1n) is 8.72. The van der Waals surface area contributed by atoms with Crippen molar-refractivity contribution in [2.75, 3.05) is 6.61 Å². The highest BCUT2D eigenvalue weighted by Crippen LogP contribution is 2.33. The van der Waals surface area contributed by atoms with Crippen molar-refractivity contribution >= 4 is 5.91 Å². The number of nitrogens with one attached hydrogen (secondary N) is 1. The fourth-order valence-corrected chi connectivity index (χ4v) is 3.58. The van der Waals surface area contributed by atoms with Gasteiger partial charge in [0.05, 0.1) is 24.3 Å². The van der Waals surface area contributed by atoms with Crippen LogP contribution in [0.1, 0.15) is 41.7 Å². The maximum Gasteiger partial charge on any atom is 0.237 e. The number of carbonyl (C=O) groups excluding carboxylic acids is 1. The summed E-state index contributed by atoms with van der Waals surface area (Å²) >= 11 is 0. The smallest absolute Gasteiger partial charge is 0.237 e. The van der Waals surface area contributed by atoms with Crippen LogP contribution in [0.3, 0.4) is 0 Å². The van der Waals surface area contributed by atoms with Gasteiger partial charge in [-0.2, -0.15) is 0 Å². The second-order valence-corrected chi connectivity index (χ2v) is 7.12. The second-order valence-electron chi connectivity index (χ2n) is 7.12. The van der Waals surface area contributed by atoms with E-state index in [1.54, 1.807) is 0 Å². The third-order valence-electron chi connectivity index (χ3n) is 4.89. The van der Waals surface area contributed by atoms with Gasteiger partial charge in [-0.3, -0.25) is 4.79 Å². The second kappa shape index (κ2) is 6.98. The van der Waals surface area contributed by atoms with Crippen LogP contribution in [0.4, 0.5) is 0 Å². The molecule has 4 nitrogen and oxygen atoms in total. The molecule has 3 N–H and O–H groups in total. The zero-order valence-electron chi connectivity index (χ0n) is 15.1. The lowest BCUT2D eigenvalue weighted by Gasteiger charge is -2.31. The number of hydrogen-bond acceptors (Lipinski definition) is 3. The molecule has 1 saturated heterocycles. The normalized spacial score (nSPS) is 24.2. The first-order valence-corrected chi connectivity index (χ1v) is 8.72. The van der Waals surface area contributed by atoms with Crippen molar-refractivity contribution < 1.29 is 9.53 Å². The van der Waals surface area contributed by atoms with Gasteiger partial charge in [0.15, 0.2) is 0 Å². The van der Waals surface area contributed by atoms with E-state index in [4.69, 9.17) is 10.5 Å². The molecule has 0 aliphatic carbocycles. The highest BCUT2D eigenvalue weighted by molar-refractivity contribution is 5.85. The van der Waals surface area contributed by atoms with Gasteiger partial charge in [-0.15, -0.1) is 0 Å². The number of hydrogen-bond donors (Lipinski definition) is 2. The summed E-state index contributed by atoms with van der Waals surface area (Å²) in [6.07, 6.45) is 0.475. The monoisotopic (exact) mass is 338 g/mol. The van der Waals surface area contributed by atoms with Crippen LogP contribution in [0.2, 0.25) is 0 Å². The van der Waals surface area contributed by atoms with E-state index in [0.29, 0.717) is 13.0 Å². The SMILES string of the molecule is Cc1cc(C)cc([C@@H](C)OC[C@@]2(c3ccccc3)C[C@H](N)C(=O)N2)c1. The minimum atomic E-state index is -0.565. The summed E-state index contributed by atoms with van der Waals surface area (Å²) in [5.41, 5.74) is 10.0. The lowest BCUT2D eigenvalue weighted by molar-refractivity contribution is -0.121. The van der Waals surface area contributed by atoms with Crippen LogP contribution in [0.5, 0.6) is 0 Å². The van der Waals surface area contributed by atoms with Gasteiger partial charge in [0.2, 0.25) is 5.91 Å². The molecule has 0 unspecified atom stereocenters. The molecule has 2 aromatic rings.